The summed E-state index contributed by atoms with van der Waals surface area (Å²) >= 11 is 3.53. The highest BCUT2D eigenvalue weighted by atomic mass is 79.9. The Hall–Kier alpha value is -4.43. The van der Waals surface area contributed by atoms with Crippen molar-refractivity contribution in [2.75, 3.05) is 11.5 Å². The molecule has 4 aromatic carbocycles. The lowest BCUT2D eigenvalue weighted by Crippen LogP contribution is -2.54. The predicted octanol–water partition coefficient (Wildman–Crippen LogP) is 6.64. The molecule has 4 aromatic rings. The quantitative estimate of drug-likeness (QED) is 0.185. The Balaban J connectivity index is 1.34. The van der Waals surface area contributed by atoms with Crippen LogP contribution >= 0.6 is 15.9 Å². The van der Waals surface area contributed by atoms with E-state index in [2.05, 4.69) is 39.4 Å². The topological polar surface area (TPSA) is 84.9 Å². The second-order valence-corrected chi connectivity index (χ2v) is 9.77. The van der Waals surface area contributed by atoms with E-state index >= 15 is 0 Å². The van der Waals surface area contributed by atoms with Gasteiger partial charge in [0.15, 0.2) is 0 Å². The van der Waals surface area contributed by atoms with Crippen molar-refractivity contribution >= 4 is 56.3 Å². The number of amides is 4. The lowest BCUT2D eigenvalue weighted by molar-refractivity contribution is -0.122. The molecule has 0 bridgehead atoms. The summed E-state index contributed by atoms with van der Waals surface area (Å²) in [5.74, 6) is -0.216. The van der Waals surface area contributed by atoms with E-state index < -0.39 is 17.8 Å². The molecule has 39 heavy (non-hydrogen) atoms. The van der Waals surface area contributed by atoms with Gasteiger partial charge in [-0.25, -0.2) is 9.69 Å². The van der Waals surface area contributed by atoms with Crippen LogP contribution in [0.1, 0.15) is 24.5 Å². The standard InChI is InChI=1S/C31H25BrN2O5/c1-2-16-38-24-13-11-23(12-14-24)34-30(36)26(29(35)33-31(34)37)17-20-10-15-28(27(32)18-20)39-19-22-8-5-7-21-6-3-4-9-25(21)22/h3-15,17-18H,2,16,19H2,1H3,(H,33,35,37)/b26-17-. The fourth-order valence-electron chi connectivity index (χ4n) is 4.27. The van der Waals surface area contributed by atoms with Crippen molar-refractivity contribution in [2.45, 2.75) is 20.0 Å². The third-order valence-electron chi connectivity index (χ3n) is 6.20. The van der Waals surface area contributed by atoms with E-state index in [1.165, 1.54) is 6.08 Å². The summed E-state index contributed by atoms with van der Waals surface area (Å²) in [6, 6.07) is 25.3. The molecule has 4 amide bonds. The Morgan fingerprint density at radius 2 is 1.67 bits per heavy atom. The van der Waals surface area contributed by atoms with E-state index in [1.807, 2.05) is 31.2 Å². The van der Waals surface area contributed by atoms with Gasteiger partial charge in [-0.05, 0) is 86.7 Å². The molecule has 1 aliphatic rings. The van der Waals surface area contributed by atoms with Crippen LogP contribution in [-0.2, 0) is 16.2 Å². The van der Waals surface area contributed by atoms with Crippen molar-refractivity contribution in [1.29, 1.82) is 0 Å². The molecule has 1 heterocycles. The van der Waals surface area contributed by atoms with Gasteiger partial charge in [-0.3, -0.25) is 14.9 Å². The zero-order chi connectivity index (χ0) is 27.4. The molecule has 0 aromatic heterocycles. The number of hydrogen-bond donors (Lipinski definition) is 1. The Kier molecular flexibility index (Phi) is 7.74. The van der Waals surface area contributed by atoms with Crippen molar-refractivity contribution in [1.82, 2.24) is 5.32 Å². The molecule has 196 valence electrons. The molecule has 1 saturated heterocycles. The molecule has 1 aliphatic heterocycles. The Labute approximate surface area is 234 Å². The first-order valence-corrected chi connectivity index (χ1v) is 13.3. The molecule has 8 heteroatoms. The third-order valence-corrected chi connectivity index (χ3v) is 6.82. The Morgan fingerprint density at radius 1 is 0.897 bits per heavy atom. The van der Waals surface area contributed by atoms with Crippen molar-refractivity contribution in [3.05, 3.63) is 106 Å². The zero-order valence-electron chi connectivity index (χ0n) is 21.1. The number of imide groups is 2. The number of ether oxygens (including phenoxy) is 2. The molecular weight excluding hydrogens is 560 g/mol. The number of rotatable bonds is 8. The van der Waals surface area contributed by atoms with Crippen molar-refractivity contribution in [3.63, 3.8) is 0 Å². The molecule has 0 saturated carbocycles. The number of fused-ring (bicyclic) bond motifs is 1. The van der Waals surface area contributed by atoms with Crippen LogP contribution in [0.2, 0.25) is 0 Å². The zero-order valence-corrected chi connectivity index (χ0v) is 22.7. The van der Waals surface area contributed by atoms with Crippen molar-refractivity contribution < 1.29 is 23.9 Å². The summed E-state index contributed by atoms with van der Waals surface area (Å²) in [7, 11) is 0. The van der Waals surface area contributed by atoms with E-state index in [4.69, 9.17) is 9.47 Å². The number of benzene rings is 4. The van der Waals surface area contributed by atoms with Gasteiger partial charge in [0, 0.05) is 0 Å². The van der Waals surface area contributed by atoms with E-state index in [1.54, 1.807) is 42.5 Å². The number of urea groups is 1. The number of halogens is 1. The number of barbiturate groups is 1. The van der Waals surface area contributed by atoms with Gasteiger partial charge in [-0.1, -0.05) is 55.5 Å². The smallest absolute Gasteiger partial charge is 0.335 e. The van der Waals surface area contributed by atoms with E-state index in [9.17, 15) is 14.4 Å². The fraction of sp³-hybridized carbons (Fsp3) is 0.129. The number of carbonyl (C=O) groups is 3. The minimum absolute atomic E-state index is 0.155. The molecule has 0 radical (unpaired) electrons. The monoisotopic (exact) mass is 584 g/mol. The second kappa shape index (κ2) is 11.5. The first-order chi connectivity index (χ1) is 18.9. The van der Waals surface area contributed by atoms with Crippen molar-refractivity contribution in [2.24, 2.45) is 0 Å². The molecule has 1 fully saturated rings. The summed E-state index contributed by atoms with van der Waals surface area (Å²) in [4.78, 5) is 39.3. The third kappa shape index (κ3) is 5.71. The lowest BCUT2D eigenvalue weighted by atomic mass is 10.1. The average molecular weight is 585 g/mol. The van der Waals surface area contributed by atoms with Gasteiger partial charge in [-0.2, -0.15) is 0 Å². The molecular formula is C31H25BrN2O5. The first kappa shape index (κ1) is 26.2. The Bertz CT molecular complexity index is 1590. The Morgan fingerprint density at radius 3 is 2.44 bits per heavy atom. The highest BCUT2D eigenvalue weighted by Gasteiger charge is 2.36. The maximum atomic E-state index is 13.2. The number of anilines is 1. The van der Waals surface area contributed by atoms with Crippen LogP contribution in [0.5, 0.6) is 11.5 Å². The summed E-state index contributed by atoms with van der Waals surface area (Å²) in [5.41, 5.74) is 1.83. The largest absolute Gasteiger partial charge is 0.494 e. The number of carbonyl (C=O) groups excluding carboxylic acids is 3. The summed E-state index contributed by atoms with van der Waals surface area (Å²) < 4.78 is 12.3. The maximum absolute atomic E-state index is 13.2. The normalized spacial score (nSPS) is 14.6. The number of nitrogens with one attached hydrogen (secondary N) is 1. The van der Waals surface area contributed by atoms with Crippen LogP contribution in [0.25, 0.3) is 16.8 Å². The van der Waals surface area contributed by atoms with Crippen LogP contribution < -0.4 is 19.7 Å². The molecule has 0 atom stereocenters. The maximum Gasteiger partial charge on any atom is 0.335 e. The van der Waals surface area contributed by atoms with Crippen LogP contribution in [0.4, 0.5) is 10.5 Å². The first-order valence-electron chi connectivity index (χ1n) is 12.5. The minimum Gasteiger partial charge on any atom is -0.494 e. The van der Waals surface area contributed by atoms with Crippen LogP contribution in [-0.4, -0.2) is 24.5 Å². The minimum atomic E-state index is -0.803. The highest BCUT2D eigenvalue weighted by molar-refractivity contribution is 9.10. The molecule has 5 rings (SSSR count). The van der Waals surface area contributed by atoms with Crippen LogP contribution in [0, 0.1) is 0 Å². The van der Waals surface area contributed by atoms with Crippen molar-refractivity contribution in [3.8, 4) is 11.5 Å². The van der Waals surface area contributed by atoms with Gasteiger partial charge in [-0.15, -0.1) is 0 Å². The average Bonchev–Trinajstić information content (AvgIpc) is 2.94. The lowest BCUT2D eigenvalue weighted by Gasteiger charge is -2.26. The molecule has 0 spiro atoms. The molecule has 7 nitrogen and oxygen atoms in total. The number of hydrogen-bond acceptors (Lipinski definition) is 5. The van der Waals surface area contributed by atoms with Gasteiger partial charge < -0.3 is 9.47 Å². The fourth-order valence-corrected chi connectivity index (χ4v) is 4.78. The summed E-state index contributed by atoms with van der Waals surface area (Å²) in [5, 5.41) is 4.52. The van der Waals surface area contributed by atoms with Crippen LogP contribution in [0.3, 0.4) is 0 Å². The van der Waals surface area contributed by atoms with E-state index in [-0.39, 0.29) is 5.57 Å². The molecule has 0 aliphatic carbocycles. The van der Waals surface area contributed by atoms with Gasteiger partial charge in [0.05, 0.1) is 16.8 Å². The van der Waals surface area contributed by atoms with E-state index in [0.29, 0.717) is 40.4 Å². The highest BCUT2D eigenvalue weighted by Crippen LogP contribution is 2.30. The van der Waals surface area contributed by atoms with Gasteiger partial charge in [0.2, 0.25) is 0 Å². The SMILES string of the molecule is CCCOc1ccc(N2C(=O)NC(=O)/C(=C/c3ccc(OCc4cccc5ccccc45)c(Br)c3)C2=O)cc1. The second-order valence-electron chi connectivity index (χ2n) is 8.92. The summed E-state index contributed by atoms with van der Waals surface area (Å²) in [6.07, 6.45) is 2.31. The number of nitrogens with zero attached hydrogens (tertiary/aromatic N) is 1. The van der Waals surface area contributed by atoms with Gasteiger partial charge >= 0.3 is 6.03 Å². The van der Waals surface area contributed by atoms with Gasteiger partial charge in [0.25, 0.3) is 11.8 Å². The predicted molar refractivity (Wildman–Crippen MR) is 154 cm³/mol. The van der Waals surface area contributed by atoms with Gasteiger partial charge in [0.1, 0.15) is 23.7 Å². The summed E-state index contributed by atoms with van der Waals surface area (Å²) in [6.45, 7) is 2.94. The van der Waals surface area contributed by atoms with E-state index in [0.717, 1.165) is 27.7 Å². The van der Waals surface area contributed by atoms with Crippen LogP contribution in [0.15, 0.2) is 95.0 Å². The molecule has 1 N–H and O–H groups in total. The molecule has 0 unspecified atom stereocenters.